The molecule has 0 unspecified atom stereocenters. The molecule has 4 N–H and O–H groups in total. The van der Waals surface area contributed by atoms with Crippen molar-refractivity contribution in [3.63, 3.8) is 0 Å². The van der Waals surface area contributed by atoms with Crippen LogP contribution in [-0.2, 0) is 5.60 Å². The molecule has 34 heavy (non-hydrogen) atoms. The minimum absolute atomic E-state index is 0.331. The minimum atomic E-state index is -1.33. The van der Waals surface area contributed by atoms with Crippen molar-refractivity contribution in [1.82, 2.24) is 19.9 Å². The molecule has 2 aromatic heterocycles. The Morgan fingerprint density at radius 1 is 1.09 bits per heavy atom. The van der Waals surface area contributed by atoms with Crippen molar-refractivity contribution in [2.75, 3.05) is 32.6 Å². The molecule has 0 bridgehead atoms. The molecule has 0 spiro atoms. The van der Waals surface area contributed by atoms with Crippen LogP contribution in [0.2, 0.25) is 0 Å². The van der Waals surface area contributed by atoms with Gasteiger partial charge in [-0.1, -0.05) is 18.2 Å². The summed E-state index contributed by atoms with van der Waals surface area (Å²) in [6.45, 7) is 0.952. The van der Waals surface area contributed by atoms with Gasteiger partial charge in [0, 0.05) is 12.1 Å². The molecule has 176 valence electrons. The van der Waals surface area contributed by atoms with Crippen LogP contribution < -0.4 is 20.1 Å². The molecule has 1 aliphatic heterocycles. The Bertz CT molecular complexity index is 1320. The third kappa shape index (κ3) is 3.83. The quantitative estimate of drug-likeness (QED) is 0.347. The summed E-state index contributed by atoms with van der Waals surface area (Å²) >= 11 is 0. The lowest BCUT2D eigenvalue weighted by Gasteiger charge is -2.38. The summed E-state index contributed by atoms with van der Waals surface area (Å²) in [5, 5.41) is 32.5. The number of nitrogens with one attached hydrogen (secondary N) is 2. The molecule has 2 aromatic carbocycles. The zero-order valence-electron chi connectivity index (χ0n) is 19.0. The molecule has 0 saturated carbocycles. The maximum Gasteiger partial charge on any atom is 0.245 e. The molecule has 0 aliphatic carbocycles. The number of methoxy groups -OCH3 is 2. The van der Waals surface area contributed by atoms with Crippen LogP contribution in [0.4, 0.5) is 11.6 Å². The molecule has 0 radical (unpaired) electrons. The van der Waals surface area contributed by atoms with Crippen LogP contribution in [0, 0.1) is 0 Å². The van der Waals surface area contributed by atoms with Crippen LogP contribution in [0.1, 0.15) is 12.0 Å². The van der Waals surface area contributed by atoms with Gasteiger partial charge in [0.1, 0.15) is 17.1 Å². The molecule has 1 aliphatic rings. The van der Waals surface area contributed by atoms with Crippen molar-refractivity contribution in [3.8, 4) is 22.8 Å². The largest absolute Gasteiger partial charge is 0.496 e. The number of benzene rings is 2. The number of nitrogens with zero attached hydrogens (tertiary/aromatic N) is 3. The molecular formula is C25H27N5O4. The lowest BCUT2D eigenvalue weighted by molar-refractivity contribution is -0.0977. The van der Waals surface area contributed by atoms with Gasteiger partial charge < -0.3 is 30.3 Å². The first-order chi connectivity index (χ1) is 16.5. The van der Waals surface area contributed by atoms with Crippen LogP contribution >= 0.6 is 0 Å². The molecule has 4 aromatic rings. The fourth-order valence-electron chi connectivity index (χ4n) is 4.39. The van der Waals surface area contributed by atoms with Gasteiger partial charge in [-0.25, -0.2) is 9.50 Å². The molecule has 0 amide bonds. The SMILES string of the molecule is COc1cc([C@@]2(O)CCNC[C@@H]2O)ccc1Nc1ncc2ccc(-c3ccccc3OC)n2n1. The number of aromatic nitrogens is 3. The molecule has 2 atom stereocenters. The standard InChI is InChI=1S/C25H27N5O4/c1-33-21-6-4-3-5-18(21)20-10-8-17-14-27-24(29-30(17)20)28-19-9-7-16(13-22(19)34-2)25(32)11-12-26-15-23(25)31/h3-10,13-14,23,26,31-32H,11-12,15H2,1-2H3,(H,28,29)/t23-,25-/m0/s1. The number of hydrogen-bond donors (Lipinski definition) is 4. The van der Waals surface area contributed by atoms with E-state index in [9.17, 15) is 10.2 Å². The van der Waals surface area contributed by atoms with Gasteiger partial charge in [0.15, 0.2) is 0 Å². The number of piperidine rings is 1. The van der Waals surface area contributed by atoms with Crippen molar-refractivity contribution < 1.29 is 19.7 Å². The summed E-state index contributed by atoms with van der Waals surface area (Å²) in [5.41, 5.74) is 2.55. The molecule has 9 heteroatoms. The van der Waals surface area contributed by atoms with Gasteiger partial charge in [0.2, 0.25) is 5.95 Å². The van der Waals surface area contributed by atoms with E-state index in [4.69, 9.17) is 9.47 Å². The second-order valence-electron chi connectivity index (χ2n) is 8.27. The zero-order chi connectivity index (χ0) is 23.7. The Morgan fingerprint density at radius 3 is 2.71 bits per heavy atom. The number of para-hydroxylation sites is 1. The molecular weight excluding hydrogens is 434 g/mol. The van der Waals surface area contributed by atoms with Crippen LogP contribution in [0.25, 0.3) is 16.8 Å². The van der Waals surface area contributed by atoms with Crippen molar-refractivity contribution in [3.05, 3.63) is 66.4 Å². The van der Waals surface area contributed by atoms with E-state index in [1.807, 2.05) is 40.9 Å². The lowest BCUT2D eigenvalue weighted by Crippen LogP contribution is -2.51. The second-order valence-corrected chi connectivity index (χ2v) is 8.27. The summed E-state index contributed by atoms with van der Waals surface area (Å²) in [6, 6.07) is 17.0. The van der Waals surface area contributed by atoms with Crippen LogP contribution in [0.5, 0.6) is 11.5 Å². The average molecular weight is 462 g/mol. The number of hydrogen-bond acceptors (Lipinski definition) is 8. The van der Waals surface area contributed by atoms with Crippen LogP contribution in [-0.4, -0.2) is 58.2 Å². The van der Waals surface area contributed by atoms with Crippen molar-refractivity contribution in [2.45, 2.75) is 18.1 Å². The maximum absolute atomic E-state index is 11.1. The second kappa shape index (κ2) is 8.94. The van der Waals surface area contributed by atoms with Gasteiger partial charge in [-0.15, -0.1) is 5.10 Å². The molecule has 1 saturated heterocycles. The van der Waals surface area contributed by atoms with Crippen molar-refractivity contribution >= 4 is 17.2 Å². The topological polar surface area (TPSA) is 113 Å². The van der Waals surface area contributed by atoms with E-state index < -0.39 is 11.7 Å². The predicted molar refractivity (Wildman–Crippen MR) is 129 cm³/mol. The molecule has 5 rings (SSSR count). The van der Waals surface area contributed by atoms with E-state index in [1.54, 1.807) is 38.6 Å². The number of β-amino-alcohol motifs (C(OH)–C–C–N with tert-alkyl or cyclic N) is 1. The lowest BCUT2D eigenvalue weighted by atomic mass is 9.82. The number of ether oxygens (including phenoxy) is 2. The number of aliphatic hydroxyl groups is 2. The van der Waals surface area contributed by atoms with Gasteiger partial charge >= 0.3 is 0 Å². The van der Waals surface area contributed by atoms with Gasteiger partial charge in [0.05, 0.1) is 43.4 Å². The zero-order valence-corrected chi connectivity index (χ0v) is 19.0. The van der Waals surface area contributed by atoms with E-state index in [0.717, 1.165) is 22.5 Å². The van der Waals surface area contributed by atoms with Crippen LogP contribution in [0.3, 0.4) is 0 Å². The first-order valence-corrected chi connectivity index (χ1v) is 11.1. The molecule has 1 fully saturated rings. The highest BCUT2D eigenvalue weighted by atomic mass is 16.5. The highest BCUT2D eigenvalue weighted by Crippen LogP contribution is 2.37. The van der Waals surface area contributed by atoms with E-state index in [1.165, 1.54) is 0 Å². The normalized spacial score (nSPS) is 20.3. The fourth-order valence-corrected chi connectivity index (χ4v) is 4.39. The smallest absolute Gasteiger partial charge is 0.245 e. The summed E-state index contributed by atoms with van der Waals surface area (Å²) in [7, 11) is 3.20. The minimum Gasteiger partial charge on any atom is -0.496 e. The van der Waals surface area contributed by atoms with Gasteiger partial charge in [-0.2, -0.15) is 0 Å². The Balaban J connectivity index is 1.48. The Morgan fingerprint density at radius 2 is 1.91 bits per heavy atom. The predicted octanol–water partition coefficient (Wildman–Crippen LogP) is 2.70. The van der Waals surface area contributed by atoms with Gasteiger partial charge in [0.25, 0.3) is 0 Å². The van der Waals surface area contributed by atoms with Crippen molar-refractivity contribution in [2.24, 2.45) is 0 Å². The Kier molecular flexibility index (Phi) is 5.82. The summed E-state index contributed by atoms with van der Waals surface area (Å²) in [4.78, 5) is 4.44. The van der Waals surface area contributed by atoms with E-state index in [0.29, 0.717) is 42.5 Å². The van der Waals surface area contributed by atoms with Crippen molar-refractivity contribution in [1.29, 1.82) is 0 Å². The van der Waals surface area contributed by atoms with E-state index in [2.05, 4.69) is 20.7 Å². The average Bonchev–Trinajstić information content (AvgIpc) is 3.29. The fraction of sp³-hybridized carbons (Fsp3) is 0.280. The molecule has 9 nitrogen and oxygen atoms in total. The van der Waals surface area contributed by atoms with E-state index in [-0.39, 0.29) is 0 Å². The van der Waals surface area contributed by atoms with Crippen LogP contribution in [0.15, 0.2) is 60.8 Å². The van der Waals surface area contributed by atoms with E-state index >= 15 is 0 Å². The summed E-state index contributed by atoms with van der Waals surface area (Å²) < 4.78 is 12.9. The van der Waals surface area contributed by atoms with Gasteiger partial charge in [-0.05, 0) is 54.9 Å². The number of fused-ring (bicyclic) bond motifs is 1. The molecule has 3 heterocycles. The highest BCUT2D eigenvalue weighted by Gasteiger charge is 2.40. The number of anilines is 2. The first-order valence-electron chi connectivity index (χ1n) is 11.1. The maximum atomic E-state index is 11.1. The number of aliphatic hydroxyl groups excluding tert-OH is 1. The summed E-state index contributed by atoms with van der Waals surface area (Å²) in [5.74, 6) is 1.65. The van der Waals surface area contributed by atoms with Gasteiger partial charge in [-0.3, -0.25) is 0 Å². The highest BCUT2D eigenvalue weighted by molar-refractivity contribution is 5.72. The Labute approximate surface area is 197 Å². The third-order valence-electron chi connectivity index (χ3n) is 6.30. The number of rotatable bonds is 6. The first kappa shape index (κ1) is 22.1. The Hall–Kier alpha value is -3.66. The monoisotopic (exact) mass is 461 g/mol. The third-order valence-corrected chi connectivity index (χ3v) is 6.30. The summed E-state index contributed by atoms with van der Waals surface area (Å²) in [6.07, 6.45) is 1.24.